The number of carbonyl (C=O) groups is 1. The Morgan fingerprint density at radius 3 is 2.94 bits per heavy atom. The molecule has 2 rings (SSSR count). The number of nitrogens with one attached hydrogen (secondary N) is 1. The van der Waals surface area contributed by atoms with Crippen molar-refractivity contribution in [3.8, 4) is 11.5 Å². The third-order valence-corrected chi connectivity index (χ3v) is 3.47. The van der Waals surface area contributed by atoms with Gasteiger partial charge in [-0.1, -0.05) is 6.07 Å². The smallest absolute Gasteiger partial charge is 0.238 e. The molecule has 0 saturated carbocycles. The zero-order valence-corrected chi connectivity index (χ0v) is 10.4. The highest BCUT2D eigenvalue weighted by atomic mass is 16.5. The molecule has 0 spiro atoms. The summed E-state index contributed by atoms with van der Waals surface area (Å²) in [5.74, 6) is 0.172. The van der Waals surface area contributed by atoms with E-state index in [0.717, 1.165) is 24.9 Å². The second-order valence-electron chi connectivity index (χ2n) is 4.66. The lowest BCUT2D eigenvalue weighted by atomic mass is 9.88. The van der Waals surface area contributed by atoms with Crippen LogP contribution in [-0.4, -0.2) is 30.2 Å². The number of nitrogens with two attached hydrogens (primary N) is 1. The van der Waals surface area contributed by atoms with Crippen LogP contribution in [0.5, 0.6) is 11.5 Å². The van der Waals surface area contributed by atoms with Gasteiger partial charge in [-0.15, -0.1) is 0 Å². The van der Waals surface area contributed by atoms with Crippen molar-refractivity contribution in [1.29, 1.82) is 0 Å². The molecule has 1 amide bonds. The minimum atomic E-state index is -0.665. The van der Waals surface area contributed by atoms with Gasteiger partial charge in [-0.3, -0.25) is 4.79 Å². The quantitative estimate of drug-likeness (QED) is 0.728. The molecule has 0 aliphatic carbocycles. The Labute approximate surface area is 106 Å². The van der Waals surface area contributed by atoms with Crippen molar-refractivity contribution in [2.45, 2.75) is 24.8 Å². The molecule has 0 unspecified atom stereocenters. The molecule has 18 heavy (non-hydrogen) atoms. The van der Waals surface area contributed by atoms with Gasteiger partial charge in [-0.05, 0) is 43.5 Å². The van der Waals surface area contributed by atoms with E-state index in [4.69, 9.17) is 10.5 Å². The van der Waals surface area contributed by atoms with Crippen molar-refractivity contribution in [2.24, 2.45) is 5.73 Å². The van der Waals surface area contributed by atoms with Crippen molar-refractivity contribution < 1.29 is 14.6 Å². The summed E-state index contributed by atoms with van der Waals surface area (Å²) in [6.07, 6.45) is 2.20. The van der Waals surface area contributed by atoms with E-state index in [-0.39, 0.29) is 11.7 Å². The topological polar surface area (TPSA) is 84.6 Å². The fraction of sp³-hybridized carbons (Fsp3) is 0.462. The van der Waals surface area contributed by atoms with Crippen LogP contribution in [0.25, 0.3) is 0 Å². The van der Waals surface area contributed by atoms with Crippen LogP contribution in [-0.2, 0) is 11.2 Å². The predicted octanol–water partition coefficient (Wildman–Crippen LogP) is 0.551. The minimum absolute atomic E-state index is 0.0914. The molecule has 5 heteroatoms. The molecule has 0 aromatic heterocycles. The number of hydrogen-bond donors (Lipinski definition) is 3. The van der Waals surface area contributed by atoms with Crippen LogP contribution in [0.2, 0.25) is 0 Å². The van der Waals surface area contributed by atoms with Crippen molar-refractivity contribution in [3.05, 3.63) is 23.8 Å². The number of hydrogen-bond acceptors (Lipinski definition) is 4. The second kappa shape index (κ2) is 4.86. The van der Waals surface area contributed by atoms with Gasteiger partial charge < -0.3 is 20.9 Å². The second-order valence-corrected chi connectivity index (χ2v) is 4.66. The Bertz CT molecular complexity index is 454. The summed E-state index contributed by atoms with van der Waals surface area (Å²) in [5.41, 5.74) is 5.75. The third-order valence-electron chi connectivity index (χ3n) is 3.47. The monoisotopic (exact) mass is 250 g/mol. The summed E-state index contributed by atoms with van der Waals surface area (Å²) in [5, 5.41) is 12.7. The lowest BCUT2D eigenvalue weighted by molar-refractivity contribution is -0.123. The lowest BCUT2D eigenvalue weighted by Gasteiger charge is -2.26. The van der Waals surface area contributed by atoms with Crippen LogP contribution in [0, 0.1) is 0 Å². The summed E-state index contributed by atoms with van der Waals surface area (Å²) < 4.78 is 5.06. The highest BCUT2D eigenvalue weighted by Crippen LogP contribution is 2.30. The van der Waals surface area contributed by atoms with Crippen molar-refractivity contribution in [1.82, 2.24) is 5.32 Å². The number of amides is 1. The highest BCUT2D eigenvalue weighted by molar-refractivity contribution is 5.85. The zero-order valence-electron chi connectivity index (χ0n) is 10.4. The van der Waals surface area contributed by atoms with Gasteiger partial charge in [0.1, 0.15) is 5.54 Å². The van der Waals surface area contributed by atoms with Crippen LogP contribution in [0.4, 0.5) is 0 Å². The Balaban J connectivity index is 2.24. The molecular weight excluding hydrogens is 232 g/mol. The average molecular weight is 250 g/mol. The van der Waals surface area contributed by atoms with E-state index >= 15 is 0 Å². The molecule has 1 aliphatic heterocycles. The minimum Gasteiger partial charge on any atom is -0.504 e. The van der Waals surface area contributed by atoms with E-state index in [9.17, 15) is 9.90 Å². The molecule has 1 aliphatic rings. The van der Waals surface area contributed by atoms with Crippen molar-refractivity contribution in [2.75, 3.05) is 13.7 Å². The summed E-state index contributed by atoms with van der Waals surface area (Å²) in [4.78, 5) is 11.6. The number of primary amides is 1. The molecule has 4 N–H and O–H groups in total. The molecule has 1 saturated heterocycles. The number of phenols is 1. The zero-order chi connectivity index (χ0) is 13.2. The summed E-state index contributed by atoms with van der Waals surface area (Å²) in [7, 11) is 1.50. The molecule has 1 aromatic rings. The molecule has 98 valence electrons. The Hall–Kier alpha value is -1.75. The van der Waals surface area contributed by atoms with E-state index in [1.54, 1.807) is 18.2 Å². The van der Waals surface area contributed by atoms with E-state index in [2.05, 4.69) is 5.32 Å². The van der Waals surface area contributed by atoms with Crippen molar-refractivity contribution >= 4 is 5.91 Å². The van der Waals surface area contributed by atoms with E-state index in [1.807, 2.05) is 0 Å². The maximum absolute atomic E-state index is 11.6. The largest absolute Gasteiger partial charge is 0.504 e. The number of methoxy groups -OCH3 is 1. The maximum Gasteiger partial charge on any atom is 0.238 e. The first-order chi connectivity index (χ1) is 8.57. The molecule has 0 bridgehead atoms. The number of carbonyl (C=O) groups excluding carboxylic acids is 1. The number of ether oxygens (including phenoxy) is 1. The van der Waals surface area contributed by atoms with E-state index in [0.29, 0.717) is 12.2 Å². The van der Waals surface area contributed by atoms with Crippen LogP contribution in [0.3, 0.4) is 0 Å². The lowest BCUT2D eigenvalue weighted by Crippen LogP contribution is -2.53. The average Bonchev–Trinajstić information content (AvgIpc) is 2.81. The van der Waals surface area contributed by atoms with Gasteiger partial charge in [0.25, 0.3) is 0 Å². The number of benzene rings is 1. The van der Waals surface area contributed by atoms with Gasteiger partial charge in [-0.2, -0.15) is 0 Å². The Morgan fingerprint density at radius 1 is 1.61 bits per heavy atom. The number of aromatic hydroxyl groups is 1. The van der Waals surface area contributed by atoms with Crippen LogP contribution < -0.4 is 15.8 Å². The van der Waals surface area contributed by atoms with Crippen LogP contribution in [0.1, 0.15) is 18.4 Å². The molecule has 1 atom stereocenters. The van der Waals surface area contributed by atoms with Crippen LogP contribution >= 0.6 is 0 Å². The van der Waals surface area contributed by atoms with E-state index < -0.39 is 5.54 Å². The first-order valence-corrected chi connectivity index (χ1v) is 5.98. The van der Waals surface area contributed by atoms with E-state index in [1.165, 1.54) is 7.11 Å². The third kappa shape index (κ3) is 2.26. The molecular formula is C13H18N2O3. The maximum atomic E-state index is 11.6. The number of phenolic OH excluding ortho intramolecular Hbond substituents is 1. The van der Waals surface area contributed by atoms with Gasteiger partial charge in [0, 0.05) is 0 Å². The molecule has 5 nitrogen and oxygen atoms in total. The molecule has 1 heterocycles. The SMILES string of the molecule is COc1cc(C[C@@]2(C(N)=O)CCCN2)ccc1O. The summed E-state index contributed by atoms with van der Waals surface area (Å²) in [6.45, 7) is 0.804. The first-order valence-electron chi connectivity index (χ1n) is 5.98. The fourth-order valence-electron chi connectivity index (χ4n) is 2.43. The molecule has 1 aromatic carbocycles. The Morgan fingerprint density at radius 2 is 2.39 bits per heavy atom. The summed E-state index contributed by atoms with van der Waals surface area (Å²) in [6, 6.07) is 5.08. The highest BCUT2D eigenvalue weighted by Gasteiger charge is 2.39. The normalized spacial score (nSPS) is 22.9. The number of rotatable bonds is 4. The Kier molecular flexibility index (Phi) is 3.43. The molecule has 0 radical (unpaired) electrons. The molecule has 1 fully saturated rings. The first kappa shape index (κ1) is 12.7. The summed E-state index contributed by atoms with van der Waals surface area (Å²) >= 11 is 0. The van der Waals surface area contributed by atoms with Gasteiger partial charge in [0.05, 0.1) is 7.11 Å². The van der Waals surface area contributed by atoms with Gasteiger partial charge in [0.15, 0.2) is 11.5 Å². The standard InChI is InChI=1S/C13H18N2O3/c1-18-11-7-9(3-4-10(11)16)8-13(12(14)17)5-2-6-15-13/h3-4,7,15-16H,2,5-6,8H2,1H3,(H2,14,17)/t13-/m1/s1. The van der Waals surface area contributed by atoms with Gasteiger partial charge in [-0.25, -0.2) is 0 Å². The van der Waals surface area contributed by atoms with Crippen molar-refractivity contribution in [3.63, 3.8) is 0 Å². The van der Waals surface area contributed by atoms with Gasteiger partial charge >= 0.3 is 0 Å². The fourth-order valence-corrected chi connectivity index (χ4v) is 2.43. The van der Waals surface area contributed by atoms with Gasteiger partial charge in [0.2, 0.25) is 5.91 Å². The predicted molar refractivity (Wildman–Crippen MR) is 67.5 cm³/mol. The van der Waals surface area contributed by atoms with Crippen LogP contribution in [0.15, 0.2) is 18.2 Å².